The molecule has 1 unspecified atom stereocenters. The normalized spacial score (nSPS) is 19.5. The van der Waals surface area contributed by atoms with Crippen LogP contribution in [0.1, 0.15) is 50.7 Å². The summed E-state index contributed by atoms with van der Waals surface area (Å²) < 4.78 is 11.0. The van der Waals surface area contributed by atoms with E-state index in [-0.39, 0.29) is 25.6 Å². The average molecular weight is 481 g/mol. The molecule has 2 aliphatic rings. The third-order valence-electron chi connectivity index (χ3n) is 6.59. The molecule has 0 bridgehead atoms. The standard InChI is InChI=1S/C27H32N2O6/c1-26(2,3)35-24(32)28-16-27(23(30)31)13-8-14-29(17-27)25(33)34-15-22-20-11-6-4-9-18(20)19-10-5-7-12-21(19)22/h4-7,9-12,22H,8,13-17H2,1-3H3,(H,28,32)(H,30,31). The topological polar surface area (TPSA) is 105 Å². The van der Waals surface area contributed by atoms with Gasteiger partial charge in [0.2, 0.25) is 0 Å². The second-order valence-corrected chi connectivity index (χ2v) is 10.3. The zero-order valence-corrected chi connectivity index (χ0v) is 20.4. The molecule has 1 saturated heterocycles. The van der Waals surface area contributed by atoms with Gasteiger partial charge in [0.15, 0.2) is 0 Å². The van der Waals surface area contributed by atoms with Crippen LogP contribution < -0.4 is 5.32 Å². The maximum absolute atomic E-state index is 13.0. The van der Waals surface area contributed by atoms with Crippen molar-refractivity contribution in [2.75, 3.05) is 26.2 Å². The second-order valence-electron chi connectivity index (χ2n) is 10.3. The van der Waals surface area contributed by atoms with E-state index in [1.54, 1.807) is 20.8 Å². The number of carbonyl (C=O) groups excluding carboxylic acids is 2. The molecule has 4 rings (SSSR count). The van der Waals surface area contributed by atoms with Gasteiger partial charge < -0.3 is 24.8 Å². The van der Waals surface area contributed by atoms with Gasteiger partial charge in [0.1, 0.15) is 17.6 Å². The number of aliphatic carboxylic acids is 1. The number of nitrogens with zero attached hydrogens (tertiary/aromatic N) is 1. The number of rotatable bonds is 5. The van der Waals surface area contributed by atoms with E-state index in [1.165, 1.54) is 4.90 Å². The molecule has 35 heavy (non-hydrogen) atoms. The minimum atomic E-state index is -1.30. The third kappa shape index (κ3) is 5.26. The fourth-order valence-corrected chi connectivity index (χ4v) is 4.92. The summed E-state index contributed by atoms with van der Waals surface area (Å²) in [6.07, 6.45) is -0.400. The quantitative estimate of drug-likeness (QED) is 0.647. The summed E-state index contributed by atoms with van der Waals surface area (Å²) in [5.74, 6) is -1.14. The summed E-state index contributed by atoms with van der Waals surface area (Å²) in [6.45, 7) is 5.59. The zero-order chi connectivity index (χ0) is 25.2. The molecule has 1 fully saturated rings. The molecule has 0 radical (unpaired) electrons. The van der Waals surface area contributed by atoms with Crippen molar-refractivity contribution in [1.82, 2.24) is 10.2 Å². The number of hydrogen-bond acceptors (Lipinski definition) is 5. The van der Waals surface area contributed by atoms with E-state index in [4.69, 9.17) is 9.47 Å². The van der Waals surface area contributed by atoms with E-state index in [1.807, 2.05) is 36.4 Å². The molecule has 8 nitrogen and oxygen atoms in total. The van der Waals surface area contributed by atoms with Gasteiger partial charge in [0.05, 0.1) is 0 Å². The Hall–Kier alpha value is -3.55. The van der Waals surface area contributed by atoms with Crippen molar-refractivity contribution in [3.05, 3.63) is 59.7 Å². The summed E-state index contributed by atoms with van der Waals surface area (Å²) in [5, 5.41) is 12.6. The SMILES string of the molecule is CC(C)(C)OC(=O)NCC1(C(=O)O)CCCN(C(=O)OCC2c3ccccc3-c3ccccc32)C1. The number of fused-ring (bicyclic) bond motifs is 3. The van der Waals surface area contributed by atoms with Crippen LogP contribution in [0.15, 0.2) is 48.5 Å². The molecule has 0 saturated carbocycles. The highest BCUT2D eigenvalue weighted by Gasteiger charge is 2.45. The Morgan fingerprint density at radius 3 is 2.23 bits per heavy atom. The van der Waals surface area contributed by atoms with Gasteiger partial charge in [-0.05, 0) is 55.9 Å². The van der Waals surface area contributed by atoms with Crippen LogP contribution in [0.2, 0.25) is 0 Å². The van der Waals surface area contributed by atoms with Gasteiger partial charge in [0, 0.05) is 25.6 Å². The number of hydrogen-bond donors (Lipinski definition) is 2. The van der Waals surface area contributed by atoms with Crippen molar-refractivity contribution < 1.29 is 29.0 Å². The van der Waals surface area contributed by atoms with Crippen LogP contribution in [-0.2, 0) is 14.3 Å². The van der Waals surface area contributed by atoms with Crippen LogP contribution in [0.25, 0.3) is 11.1 Å². The molecule has 2 aromatic rings. The van der Waals surface area contributed by atoms with Crippen LogP contribution in [0.3, 0.4) is 0 Å². The van der Waals surface area contributed by atoms with Gasteiger partial charge in [-0.2, -0.15) is 0 Å². The first kappa shape index (κ1) is 24.6. The number of nitrogens with one attached hydrogen (secondary N) is 1. The molecule has 0 aromatic heterocycles. The Kier molecular flexibility index (Phi) is 6.74. The number of carboxylic acid groups (broad SMARTS) is 1. The minimum Gasteiger partial charge on any atom is -0.481 e. The number of carbonyl (C=O) groups is 3. The molecule has 1 heterocycles. The predicted octanol–water partition coefficient (Wildman–Crippen LogP) is 4.63. The first-order chi connectivity index (χ1) is 16.6. The molecule has 1 atom stereocenters. The number of likely N-dealkylation sites (tertiary alicyclic amines) is 1. The van der Waals surface area contributed by atoms with E-state index < -0.39 is 29.2 Å². The van der Waals surface area contributed by atoms with E-state index in [9.17, 15) is 19.5 Å². The molecular formula is C27H32N2O6. The number of benzene rings is 2. The Morgan fingerprint density at radius 1 is 1.06 bits per heavy atom. The van der Waals surface area contributed by atoms with Gasteiger partial charge in [-0.1, -0.05) is 48.5 Å². The highest BCUT2D eigenvalue weighted by molar-refractivity contribution is 5.80. The molecule has 1 aliphatic heterocycles. The zero-order valence-electron chi connectivity index (χ0n) is 20.4. The summed E-state index contributed by atoms with van der Waals surface area (Å²) in [5.41, 5.74) is 2.50. The Balaban J connectivity index is 1.42. The molecule has 1 aliphatic carbocycles. The van der Waals surface area contributed by atoms with E-state index in [0.717, 1.165) is 22.3 Å². The van der Waals surface area contributed by atoms with Gasteiger partial charge in [-0.25, -0.2) is 9.59 Å². The maximum atomic E-state index is 13.0. The predicted molar refractivity (Wildman–Crippen MR) is 130 cm³/mol. The van der Waals surface area contributed by atoms with Gasteiger partial charge in [-0.15, -0.1) is 0 Å². The summed E-state index contributed by atoms with van der Waals surface area (Å²) in [7, 11) is 0. The van der Waals surface area contributed by atoms with E-state index in [2.05, 4.69) is 17.4 Å². The van der Waals surface area contributed by atoms with Crippen molar-refractivity contribution in [2.45, 2.75) is 45.1 Å². The first-order valence-corrected chi connectivity index (χ1v) is 11.9. The van der Waals surface area contributed by atoms with Crippen LogP contribution in [0.4, 0.5) is 9.59 Å². The highest BCUT2D eigenvalue weighted by atomic mass is 16.6. The molecule has 186 valence electrons. The molecule has 0 spiro atoms. The third-order valence-corrected chi connectivity index (χ3v) is 6.59. The fourth-order valence-electron chi connectivity index (χ4n) is 4.92. The van der Waals surface area contributed by atoms with Crippen LogP contribution in [0, 0.1) is 5.41 Å². The monoisotopic (exact) mass is 480 g/mol. The smallest absolute Gasteiger partial charge is 0.409 e. The van der Waals surface area contributed by atoms with E-state index >= 15 is 0 Å². The lowest BCUT2D eigenvalue weighted by Gasteiger charge is -2.39. The molecule has 8 heteroatoms. The molecular weight excluding hydrogens is 448 g/mol. The second kappa shape index (κ2) is 9.60. The number of piperidine rings is 1. The summed E-state index contributed by atoms with van der Waals surface area (Å²) >= 11 is 0. The molecule has 2 aromatic carbocycles. The lowest BCUT2D eigenvalue weighted by molar-refractivity contribution is -0.151. The largest absolute Gasteiger partial charge is 0.481 e. The fraction of sp³-hybridized carbons (Fsp3) is 0.444. The van der Waals surface area contributed by atoms with Crippen molar-refractivity contribution in [3.63, 3.8) is 0 Å². The number of ether oxygens (including phenoxy) is 2. The van der Waals surface area contributed by atoms with Crippen LogP contribution in [0.5, 0.6) is 0 Å². The Morgan fingerprint density at radius 2 is 1.66 bits per heavy atom. The van der Waals surface area contributed by atoms with Crippen molar-refractivity contribution >= 4 is 18.2 Å². The van der Waals surface area contributed by atoms with Crippen molar-refractivity contribution in [1.29, 1.82) is 0 Å². The van der Waals surface area contributed by atoms with Gasteiger partial charge in [-0.3, -0.25) is 4.79 Å². The highest BCUT2D eigenvalue weighted by Crippen LogP contribution is 2.44. The minimum absolute atomic E-state index is 0.0468. The number of alkyl carbamates (subject to hydrolysis) is 1. The molecule has 2 N–H and O–H groups in total. The lowest BCUT2D eigenvalue weighted by atomic mass is 9.80. The molecule has 2 amide bonds. The average Bonchev–Trinajstić information content (AvgIpc) is 3.14. The summed E-state index contributed by atoms with van der Waals surface area (Å²) in [6, 6.07) is 16.2. The number of amides is 2. The van der Waals surface area contributed by atoms with Crippen LogP contribution in [-0.4, -0.2) is 60.0 Å². The van der Waals surface area contributed by atoms with Crippen LogP contribution >= 0.6 is 0 Å². The van der Waals surface area contributed by atoms with Crippen molar-refractivity contribution in [3.8, 4) is 11.1 Å². The van der Waals surface area contributed by atoms with Crippen molar-refractivity contribution in [2.24, 2.45) is 5.41 Å². The van der Waals surface area contributed by atoms with Gasteiger partial charge >= 0.3 is 18.2 Å². The van der Waals surface area contributed by atoms with Gasteiger partial charge in [0.25, 0.3) is 0 Å². The maximum Gasteiger partial charge on any atom is 0.409 e. The summed E-state index contributed by atoms with van der Waals surface area (Å²) in [4.78, 5) is 38.8. The Labute approximate surface area is 205 Å². The lowest BCUT2D eigenvalue weighted by Crippen LogP contribution is -2.55. The Bertz CT molecular complexity index is 1080. The first-order valence-electron chi connectivity index (χ1n) is 11.9. The number of carboxylic acids is 1. The van der Waals surface area contributed by atoms with E-state index in [0.29, 0.717) is 19.4 Å².